The lowest BCUT2D eigenvalue weighted by atomic mass is 10.0. The first-order valence-electron chi connectivity index (χ1n) is 4.88. The van der Waals surface area contributed by atoms with Crippen LogP contribution < -0.4 is 0 Å². The van der Waals surface area contributed by atoms with Gasteiger partial charge < -0.3 is 0 Å². The molecule has 0 aromatic heterocycles. The van der Waals surface area contributed by atoms with Crippen LogP contribution in [0.15, 0.2) is 18.2 Å². The molecule has 13 heavy (non-hydrogen) atoms. The lowest BCUT2D eigenvalue weighted by Crippen LogP contribution is -1.89. The molecule has 0 atom stereocenters. The molecule has 1 aliphatic rings. The van der Waals surface area contributed by atoms with Crippen molar-refractivity contribution in [2.75, 3.05) is 0 Å². The van der Waals surface area contributed by atoms with Crippen molar-refractivity contribution in [2.24, 2.45) is 0 Å². The highest BCUT2D eigenvalue weighted by Crippen LogP contribution is 2.41. The second kappa shape index (κ2) is 3.22. The largest absolute Gasteiger partial charge is 0.192 e. The highest BCUT2D eigenvalue weighted by molar-refractivity contribution is 5.44. The Kier molecular flexibility index (Phi) is 2.06. The van der Waals surface area contributed by atoms with Gasteiger partial charge in [0.25, 0.3) is 0 Å². The average molecular weight is 171 g/mol. The molecule has 0 radical (unpaired) electrons. The lowest BCUT2D eigenvalue weighted by Gasteiger charge is -2.03. The molecule has 1 saturated carbocycles. The minimum absolute atomic E-state index is 0.681. The van der Waals surface area contributed by atoms with Gasteiger partial charge >= 0.3 is 0 Å². The Labute approximate surface area is 79.0 Å². The van der Waals surface area contributed by atoms with E-state index in [4.69, 9.17) is 5.26 Å². The summed E-state index contributed by atoms with van der Waals surface area (Å²) in [6, 6.07) is 8.61. The summed E-state index contributed by atoms with van der Waals surface area (Å²) in [5.41, 5.74) is 3.42. The van der Waals surface area contributed by atoms with E-state index in [1.54, 1.807) is 0 Å². The van der Waals surface area contributed by atoms with Crippen molar-refractivity contribution in [3.63, 3.8) is 0 Å². The molecular weight excluding hydrogens is 158 g/mol. The maximum absolute atomic E-state index is 8.97. The Bertz CT molecular complexity index is 356. The first-order chi connectivity index (χ1) is 6.35. The van der Waals surface area contributed by atoms with Gasteiger partial charge in [-0.2, -0.15) is 5.26 Å². The van der Waals surface area contributed by atoms with E-state index in [9.17, 15) is 0 Å². The van der Waals surface area contributed by atoms with Gasteiger partial charge in [0.1, 0.15) is 0 Å². The lowest BCUT2D eigenvalue weighted by molar-refractivity contribution is 1.08. The van der Waals surface area contributed by atoms with Crippen molar-refractivity contribution in [2.45, 2.75) is 32.1 Å². The molecule has 1 heteroatoms. The van der Waals surface area contributed by atoms with Crippen LogP contribution in [0, 0.1) is 11.3 Å². The van der Waals surface area contributed by atoms with E-state index in [0.29, 0.717) is 5.92 Å². The number of nitriles is 1. The third kappa shape index (κ3) is 1.58. The summed E-state index contributed by atoms with van der Waals surface area (Å²) in [5.74, 6) is 0.681. The van der Waals surface area contributed by atoms with E-state index >= 15 is 0 Å². The third-order valence-corrected chi connectivity index (χ3v) is 2.66. The second-order valence-corrected chi connectivity index (χ2v) is 3.66. The Morgan fingerprint density at radius 1 is 1.46 bits per heavy atom. The monoisotopic (exact) mass is 171 g/mol. The summed E-state index contributed by atoms with van der Waals surface area (Å²) in [6.45, 7) is 2.12. The molecule has 1 nitrogen and oxygen atoms in total. The maximum atomic E-state index is 8.97. The summed E-state index contributed by atoms with van der Waals surface area (Å²) in [4.78, 5) is 0. The van der Waals surface area contributed by atoms with E-state index in [2.05, 4.69) is 25.1 Å². The minimum Gasteiger partial charge on any atom is -0.192 e. The molecule has 0 unspecified atom stereocenters. The Morgan fingerprint density at radius 3 is 2.77 bits per heavy atom. The van der Waals surface area contributed by atoms with Crippen LogP contribution in [0.2, 0.25) is 0 Å². The zero-order valence-corrected chi connectivity index (χ0v) is 7.88. The van der Waals surface area contributed by atoms with Gasteiger partial charge in [-0.05, 0) is 42.4 Å². The Morgan fingerprint density at radius 2 is 2.23 bits per heavy atom. The average Bonchev–Trinajstić information content (AvgIpc) is 3.00. The van der Waals surface area contributed by atoms with E-state index in [0.717, 1.165) is 12.0 Å². The van der Waals surface area contributed by atoms with Crippen LogP contribution in [0.5, 0.6) is 0 Å². The molecule has 1 aromatic rings. The number of rotatable bonds is 2. The molecular formula is C12H13N. The van der Waals surface area contributed by atoms with Crippen LogP contribution in [-0.2, 0) is 6.42 Å². The summed E-state index contributed by atoms with van der Waals surface area (Å²) in [7, 11) is 0. The van der Waals surface area contributed by atoms with Gasteiger partial charge in [0.05, 0.1) is 11.6 Å². The molecule has 0 amide bonds. The van der Waals surface area contributed by atoms with Gasteiger partial charge in [0, 0.05) is 0 Å². The predicted molar refractivity (Wildman–Crippen MR) is 52.5 cm³/mol. The molecule has 0 spiro atoms. The fraction of sp³-hybridized carbons (Fsp3) is 0.417. The van der Waals surface area contributed by atoms with Gasteiger partial charge in [-0.15, -0.1) is 0 Å². The standard InChI is InChI=1S/C12H13N/c1-2-9-3-6-12(10-4-5-10)11(7-9)8-13/h3,6-7,10H,2,4-5H2,1H3. The van der Waals surface area contributed by atoms with Crippen LogP contribution in [0.3, 0.4) is 0 Å². The van der Waals surface area contributed by atoms with Crippen molar-refractivity contribution in [3.05, 3.63) is 34.9 Å². The fourth-order valence-corrected chi connectivity index (χ4v) is 1.67. The van der Waals surface area contributed by atoms with Crippen LogP contribution in [0.4, 0.5) is 0 Å². The van der Waals surface area contributed by atoms with E-state index in [-0.39, 0.29) is 0 Å². The summed E-state index contributed by atoms with van der Waals surface area (Å²) >= 11 is 0. The van der Waals surface area contributed by atoms with Gasteiger partial charge in [0.15, 0.2) is 0 Å². The summed E-state index contributed by atoms with van der Waals surface area (Å²) < 4.78 is 0. The maximum Gasteiger partial charge on any atom is 0.0994 e. The summed E-state index contributed by atoms with van der Waals surface area (Å²) in [6.07, 6.45) is 3.54. The molecule has 0 saturated heterocycles. The van der Waals surface area contributed by atoms with E-state index in [1.165, 1.54) is 24.0 Å². The van der Waals surface area contributed by atoms with Gasteiger partial charge in [-0.1, -0.05) is 19.1 Å². The second-order valence-electron chi connectivity index (χ2n) is 3.66. The number of hydrogen-bond acceptors (Lipinski definition) is 1. The highest BCUT2D eigenvalue weighted by atomic mass is 14.3. The van der Waals surface area contributed by atoms with Crippen LogP contribution >= 0.6 is 0 Å². The summed E-state index contributed by atoms with van der Waals surface area (Å²) in [5, 5.41) is 8.97. The van der Waals surface area contributed by atoms with E-state index in [1.807, 2.05) is 6.07 Å². The normalized spacial score (nSPS) is 15.4. The van der Waals surface area contributed by atoms with Crippen molar-refractivity contribution in [3.8, 4) is 6.07 Å². The molecule has 0 N–H and O–H groups in total. The smallest absolute Gasteiger partial charge is 0.0994 e. The molecule has 1 fully saturated rings. The van der Waals surface area contributed by atoms with Crippen LogP contribution in [0.1, 0.15) is 42.4 Å². The van der Waals surface area contributed by atoms with Gasteiger partial charge in [-0.3, -0.25) is 0 Å². The van der Waals surface area contributed by atoms with Crippen molar-refractivity contribution < 1.29 is 0 Å². The number of benzene rings is 1. The first kappa shape index (κ1) is 8.31. The number of aryl methyl sites for hydroxylation is 1. The molecule has 0 bridgehead atoms. The number of hydrogen-bond donors (Lipinski definition) is 0. The fourth-order valence-electron chi connectivity index (χ4n) is 1.67. The van der Waals surface area contributed by atoms with E-state index < -0.39 is 0 Å². The first-order valence-corrected chi connectivity index (χ1v) is 4.88. The Balaban J connectivity index is 2.41. The van der Waals surface area contributed by atoms with Crippen LogP contribution in [-0.4, -0.2) is 0 Å². The minimum atomic E-state index is 0.681. The molecule has 1 aliphatic carbocycles. The SMILES string of the molecule is CCc1ccc(C2CC2)c(C#N)c1. The van der Waals surface area contributed by atoms with Crippen molar-refractivity contribution >= 4 is 0 Å². The number of nitrogens with zero attached hydrogens (tertiary/aromatic N) is 1. The van der Waals surface area contributed by atoms with Gasteiger partial charge in [0.2, 0.25) is 0 Å². The van der Waals surface area contributed by atoms with Crippen molar-refractivity contribution in [1.82, 2.24) is 0 Å². The zero-order valence-electron chi connectivity index (χ0n) is 7.88. The zero-order chi connectivity index (χ0) is 9.26. The third-order valence-electron chi connectivity index (χ3n) is 2.66. The quantitative estimate of drug-likeness (QED) is 0.671. The molecule has 2 rings (SSSR count). The molecule has 1 aromatic carbocycles. The molecule has 66 valence electrons. The van der Waals surface area contributed by atoms with Crippen molar-refractivity contribution in [1.29, 1.82) is 5.26 Å². The van der Waals surface area contributed by atoms with Crippen LogP contribution in [0.25, 0.3) is 0 Å². The molecule has 0 heterocycles. The predicted octanol–water partition coefficient (Wildman–Crippen LogP) is 3.00. The highest BCUT2D eigenvalue weighted by Gasteiger charge is 2.25. The topological polar surface area (TPSA) is 23.8 Å². The van der Waals surface area contributed by atoms with Gasteiger partial charge in [-0.25, -0.2) is 0 Å². The molecule has 0 aliphatic heterocycles. The Hall–Kier alpha value is -1.29.